The molecule has 0 aliphatic rings. The van der Waals surface area contributed by atoms with E-state index in [1.807, 2.05) is 36.4 Å². The summed E-state index contributed by atoms with van der Waals surface area (Å²) in [5.74, 6) is 0.512. The van der Waals surface area contributed by atoms with Crippen molar-refractivity contribution in [3.8, 4) is 11.5 Å². The Morgan fingerprint density at radius 1 is 0.630 bits per heavy atom. The SMILES string of the molecule is C(=Cc1ccc(C=Cc2ccccc2)c(-c2nnco2)c1)c1ccccc1. The van der Waals surface area contributed by atoms with Gasteiger partial charge in [-0.15, -0.1) is 10.2 Å². The first kappa shape index (κ1) is 16.7. The number of nitrogens with zero attached hydrogens (tertiary/aromatic N) is 2. The predicted octanol–water partition coefficient (Wildman–Crippen LogP) is 6.08. The van der Waals surface area contributed by atoms with Crippen molar-refractivity contribution in [2.45, 2.75) is 0 Å². The van der Waals surface area contributed by atoms with Crippen LogP contribution in [0.5, 0.6) is 0 Å². The summed E-state index contributed by atoms with van der Waals surface area (Å²) < 4.78 is 5.45. The fourth-order valence-electron chi connectivity index (χ4n) is 2.81. The van der Waals surface area contributed by atoms with Gasteiger partial charge in [0.15, 0.2) is 0 Å². The Morgan fingerprint density at radius 3 is 1.89 bits per heavy atom. The minimum absolute atomic E-state index is 0.512. The van der Waals surface area contributed by atoms with Crippen LogP contribution in [-0.2, 0) is 0 Å². The monoisotopic (exact) mass is 350 g/mol. The van der Waals surface area contributed by atoms with Gasteiger partial charge in [0.05, 0.1) is 0 Å². The fraction of sp³-hybridized carbons (Fsp3) is 0. The van der Waals surface area contributed by atoms with Crippen molar-refractivity contribution in [2.75, 3.05) is 0 Å². The fourth-order valence-corrected chi connectivity index (χ4v) is 2.81. The Bertz CT molecular complexity index is 1050. The molecule has 3 heteroatoms. The lowest BCUT2D eigenvalue weighted by molar-refractivity contribution is 0.568. The third kappa shape index (κ3) is 4.28. The van der Waals surface area contributed by atoms with Gasteiger partial charge in [0.2, 0.25) is 12.3 Å². The topological polar surface area (TPSA) is 38.9 Å². The summed E-state index contributed by atoms with van der Waals surface area (Å²) in [4.78, 5) is 0. The van der Waals surface area contributed by atoms with E-state index < -0.39 is 0 Å². The van der Waals surface area contributed by atoms with Crippen LogP contribution in [0, 0.1) is 0 Å². The Labute approximate surface area is 158 Å². The first-order chi connectivity index (χ1) is 13.4. The second-order valence-corrected chi connectivity index (χ2v) is 6.08. The van der Waals surface area contributed by atoms with Crippen LogP contribution in [0.3, 0.4) is 0 Å². The zero-order valence-electron chi connectivity index (χ0n) is 14.7. The van der Waals surface area contributed by atoms with E-state index in [1.165, 1.54) is 6.39 Å². The van der Waals surface area contributed by atoms with Crippen molar-refractivity contribution in [3.05, 3.63) is 108 Å². The highest BCUT2D eigenvalue weighted by molar-refractivity contribution is 5.81. The van der Waals surface area contributed by atoms with Gasteiger partial charge in [-0.1, -0.05) is 97.1 Å². The Kier molecular flexibility index (Phi) is 5.02. The molecule has 0 aliphatic carbocycles. The molecule has 0 radical (unpaired) electrons. The van der Waals surface area contributed by atoms with Gasteiger partial charge in [-0.05, 0) is 28.3 Å². The normalized spacial score (nSPS) is 11.4. The summed E-state index contributed by atoms with van der Waals surface area (Å²) in [6.45, 7) is 0. The highest BCUT2D eigenvalue weighted by Gasteiger charge is 2.09. The molecule has 27 heavy (non-hydrogen) atoms. The van der Waals surface area contributed by atoms with Gasteiger partial charge in [-0.2, -0.15) is 0 Å². The molecule has 4 rings (SSSR count). The Hall–Kier alpha value is -3.72. The summed E-state index contributed by atoms with van der Waals surface area (Å²) in [6, 6.07) is 26.6. The van der Waals surface area contributed by atoms with E-state index in [1.54, 1.807) is 0 Å². The smallest absolute Gasteiger partial charge is 0.248 e. The summed E-state index contributed by atoms with van der Waals surface area (Å²) in [7, 11) is 0. The van der Waals surface area contributed by atoms with Gasteiger partial charge in [0, 0.05) is 5.56 Å². The van der Waals surface area contributed by atoms with Gasteiger partial charge < -0.3 is 4.42 Å². The molecule has 0 N–H and O–H groups in total. The molecule has 4 aromatic rings. The van der Waals surface area contributed by atoms with Gasteiger partial charge in [-0.25, -0.2) is 0 Å². The minimum atomic E-state index is 0.512. The minimum Gasteiger partial charge on any atom is -0.423 e. The van der Waals surface area contributed by atoms with Crippen molar-refractivity contribution in [1.82, 2.24) is 10.2 Å². The number of hydrogen-bond donors (Lipinski definition) is 0. The highest BCUT2D eigenvalue weighted by Crippen LogP contribution is 2.26. The summed E-state index contributed by atoms with van der Waals surface area (Å²) in [6.07, 6.45) is 9.67. The Morgan fingerprint density at radius 2 is 1.26 bits per heavy atom. The lowest BCUT2D eigenvalue weighted by Gasteiger charge is -2.04. The van der Waals surface area contributed by atoms with E-state index >= 15 is 0 Å². The van der Waals surface area contributed by atoms with Crippen LogP contribution >= 0.6 is 0 Å². The summed E-state index contributed by atoms with van der Waals surface area (Å²) >= 11 is 0. The lowest BCUT2D eigenvalue weighted by Crippen LogP contribution is -1.86. The zero-order valence-corrected chi connectivity index (χ0v) is 14.7. The number of benzene rings is 3. The van der Waals surface area contributed by atoms with E-state index in [-0.39, 0.29) is 0 Å². The third-order valence-electron chi connectivity index (χ3n) is 4.19. The van der Waals surface area contributed by atoms with Crippen LogP contribution in [0.25, 0.3) is 35.8 Å². The average Bonchev–Trinajstić information content (AvgIpc) is 3.27. The molecular weight excluding hydrogens is 332 g/mol. The van der Waals surface area contributed by atoms with Crippen LogP contribution in [0.15, 0.2) is 89.7 Å². The van der Waals surface area contributed by atoms with E-state index in [0.29, 0.717) is 5.89 Å². The second kappa shape index (κ2) is 8.11. The van der Waals surface area contributed by atoms with Crippen molar-refractivity contribution in [2.24, 2.45) is 0 Å². The summed E-state index contributed by atoms with van der Waals surface area (Å²) in [5, 5.41) is 7.91. The maximum atomic E-state index is 5.45. The van der Waals surface area contributed by atoms with Gasteiger partial charge in [0.25, 0.3) is 0 Å². The van der Waals surface area contributed by atoms with Crippen LogP contribution < -0.4 is 0 Å². The van der Waals surface area contributed by atoms with E-state index in [4.69, 9.17) is 4.42 Å². The first-order valence-electron chi connectivity index (χ1n) is 8.75. The van der Waals surface area contributed by atoms with Crippen LogP contribution in [0.2, 0.25) is 0 Å². The maximum Gasteiger partial charge on any atom is 0.248 e. The second-order valence-electron chi connectivity index (χ2n) is 6.08. The zero-order chi connectivity index (χ0) is 18.3. The summed E-state index contributed by atoms with van der Waals surface area (Å²) in [5.41, 5.74) is 5.31. The molecule has 0 unspecified atom stereocenters. The van der Waals surface area contributed by atoms with Crippen LogP contribution in [-0.4, -0.2) is 10.2 Å². The van der Waals surface area contributed by atoms with Crippen molar-refractivity contribution in [3.63, 3.8) is 0 Å². The third-order valence-corrected chi connectivity index (χ3v) is 4.19. The number of rotatable bonds is 5. The van der Waals surface area contributed by atoms with E-state index in [0.717, 1.165) is 27.8 Å². The van der Waals surface area contributed by atoms with Gasteiger partial charge in [0.1, 0.15) is 0 Å². The van der Waals surface area contributed by atoms with Gasteiger partial charge in [-0.3, -0.25) is 0 Å². The molecule has 0 spiro atoms. The molecule has 1 aromatic heterocycles. The molecule has 3 nitrogen and oxygen atoms in total. The Balaban J connectivity index is 1.68. The van der Waals surface area contributed by atoms with E-state index in [9.17, 15) is 0 Å². The molecule has 130 valence electrons. The van der Waals surface area contributed by atoms with E-state index in [2.05, 4.69) is 77.0 Å². The van der Waals surface area contributed by atoms with Crippen LogP contribution in [0.4, 0.5) is 0 Å². The molecule has 0 amide bonds. The molecule has 3 aromatic carbocycles. The van der Waals surface area contributed by atoms with Crippen molar-refractivity contribution >= 4 is 24.3 Å². The largest absolute Gasteiger partial charge is 0.423 e. The average molecular weight is 350 g/mol. The molecule has 0 bridgehead atoms. The standard InChI is InChI=1S/C24H18N2O/c1-3-7-19(8-4-1)11-12-21-14-16-22(15-13-20-9-5-2-6-10-20)23(17-21)24-26-25-18-27-24/h1-18H. The number of hydrogen-bond acceptors (Lipinski definition) is 3. The molecular formula is C24H18N2O. The quantitative estimate of drug-likeness (QED) is 0.410. The molecule has 0 saturated heterocycles. The molecule has 1 heterocycles. The number of aromatic nitrogens is 2. The van der Waals surface area contributed by atoms with Crippen molar-refractivity contribution in [1.29, 1.82) is 0 Å². The highest BCUT2D eigenvalue weighted by atomic mass is 16.4. The van der Waals surface area contributed by atoms with Crippen LogP contribution in [0.1, 0.15) is 22.3 Å². The lowest BCUT2D eigenvalue weighted by atomic mass is 10.0. The molecule has 0 aliphatic heterocycles. The maximum absolute atomic E-state index is 5.45. The first-order valence-corrected chi connectivity index (χ1v) is 8.75. The molecule has 0 saturated carbocycles. The van der Waals surface area contributed by atoms with Crippen molar-refractivity contribution < 1.29 is 4.42 Å². The molecule has 0 atom stereocenters. The predicted molar refractivity (Wildman–Crippen MR) is 110 cm³/mol. The molecule has 0 fully saturated rings. The van der Waals surface area contributed by atoms with Gasteiger partial charge >= 0.3 is 0 Å².